The summed E-state index contributed by atoms with van der Waals surface area (Å²) in [5, 5.41) is 4.75. The number of hydrogen-bond acceptors (Lipinski definition) is 4. The molecule has 1 aliphatic carbocycles. The van der Waals surface area contributed by atoms with Crippen LogP contribution in [0.15, 0.2) is 17.5 Å². The topological polar surface area (TPSA) is 66.5 Å². The van der Waals surface area contributed by atoms with Crippen LogP contribution in [-0.4, -0.2) is 44.0 Å². The fourth-order valence-corrected chi connectivity index (χ4v) is 4.63. The Morgan fingerprint density at radius 1 is 1.43 bits per heavy atom. The molecule has 1 amide bonds. The van der Waals surface area contributed by atoms with E-state index in [1.165, 1.54) is 6.26 Å². The highest BCUT2D eigenvalue weighted by Gasteiger charge is 2.28. The Hall–Kier alpha value is -0.920. The van der Waals surface area contributed by atoms with Gasteiger partial charge in [-0.15, -0.1) is 11.3 Å². The molecule has 1 N–H and O–H groups in total. The van der Waals surface area contributed by atoms with Crippen molar-refractivity contribution in [3.63, 3.8) is 0 Å². The van der Waals surface area contributed by atoms with Crippen molar-refractivity contribution in [3.05, 3.63) is 22.4 Å². The molecule has 1 heterocycles. The Kier molecular flexibility index (Phi) is 5.78. The van der Waals surface area contributed by atoms with E-state index in [4.69, 9.17) is 0 Å². The lowest BCUT2D eigenvalue weighted by Crippen LogP contribution is -2.43. The van der Waals surface area contributed by atoms with Gasteiger partial charge in [0.05, 0.1) is 12.7 Å². The summed E-state index contributed by atoms with van der Waals surface area (Å²) in [5.41, 5.74) is 0. The Labute approximate surface area is 130 Å². The average molecular weight is 330 g/mol. The zero-order chi connectivity index (χ0) is 15.3. The minimum absolute atomic E-state index is 0.0580. The van der Waals surface area contributed by atoms with Gasteiger partial charge in [0, 0.05) is 24.0 Å². The maximum atomic E-state index is 11.9. The van der Waals surface area contributed by atoms with Crippen molar-refractivity contribution in [2.45, 2.75) is 38.1 Å². The van der Waals surface area contributed by atoms with E-state index in [1.54, 1.807) is 15.6 Å². The zero-order valence-electron chi connectivity index (χ0n) is 12.2. The summed E-state index contributed by atoms with van der Waals surface area (Å²) >= 11 is 1.55. The number of nitrogens with one attached hydrogen (secondary N) is 1. The summed E-state index contributed by atoms with van der Waals surface area (Å²) in [5.74, 6) is -0.0580. The lowest BCUT2D eigenvalue weighted by atomic mass is 10.2. The standard InChI is InChI=1S/C14H22N2O3S2/c1-21(18,19)16(12-5-2-3-6-12)9-8-15-14(17)11-13-7-4-10-20-13/h4,7,10,12H,2-3,5-6,8-9,11H2,1H3,(H,15,17). The molecular weight excluding hydrogens is 308 g/mol. The van der Waals surface area contributed by atoms with Crippen molar-refractivity contribution < 1.29 is 13.2 Å². The predicted octanol–water partition coefficient (Wildman–Crippen LogP) is 1.61. The molecule has 2 rings (SSSR count). The van der Waals surface area contributed by atoms with Gasteiger partial charge < -0.3 is 5.32 Å². The SMILES string of the molecule is CS(=O)(=O)N(CCNC(=O)Cc1cccs1)C1CCCC1. The molecule has 0 spiro atoms. The highest BCUT2D eigenvalue weighted by Crippen LogP contribution is 2.24. The summed E-state index contributed by atoms with van der Waals surface area (Å²) in [6.07, 6.45) is 5.63. The van der Waals surface area contributed by atoms with Gasteiger partial charge in [0.25, 0.3) is 0 Å². The van der Waals surface area contributed by atoms with Crippen LogP contribution in [0, 0.1) is 0 Å². The predicted molar refractivity (Wildman–Crippen MR) is 84.8 cm³/mol. The molecule has 0 atom stereocenters. The lowest BCUT2D eigenvalue weighted by molar-refractivity contribution is -0.120. The smallest absolute Gasteiger partial charge is 0.225 e. The Balaban J connectivity index is 1.80. The molecule has 1 fully saturated rings. The van der Waals surface area contributed by atoms with Crippen molar-refractivity contribution in [3.8, 4) is 0 Å². The van der Waals surface area contributed by atoms with Gasteiger partial charge in [-0.3, -0.25) is 4.79 Å². The molecule has 0 saturated heterocycles. The summed E-state index contributed by atoms with van der Waals surface area (Å²) in [6, 6.07) is 3.94. The molecule has 1 aliphatic rings. The monoisotopic (exact) mass is 330 g/mol. The third-order valence-electron chi connectivity index (χ3n) is 3.73. The molecule has 0 radical (unpaired) electrons. The van der Waals surface area contributed by atoms with Gasteiger partial charge in [0.15, 0.2) is 0 Å². The molecule has 118 valence electrons. The minimum Gasteiger partial charge on any atom is -0.354 e. The van der Waals surface area contributed by atoms with E-state index in [1.807, 2.05) is 17.5 Å². The Bertz CT molecular complexity index is 549. The molecule has 0 bridgehead atoms. The van der Waals surface area contributed by atoms with Crippen molar-refractivity contribution in [2.24, 2.45) is 0 Å². The zero-order valence-corrected chi connectivity index (χ0v) is 13.9. The van der Waals surface area contributed by atoms with Gasteiger partial charge in [-0.2, -0.15) is 4.31 Å². The number of thiophene rings is 1. The fourth-order valence-electron chi connectivity index (χ4n) is 2.75. The average Bonchev–Trinajstić information content (AvgIpc) is 3.05. The van der Waals surface area contributed by atoms with Crippen molar-refractivity contribution in [2.75, 3.05) is 19.3 Å². The molecule has 7 heteroatoms. The first-order valence-corrected chi connectivity index (χ1v) is 9.95. The van der Waals surface area contributed by atoms with E-state index in [2.05, 4.69) is 5.32 Å². The molecule has 5 nitrogen and oxygen atoms in total. The van der Waals surface area contributed by atoms with Crippen molar-refractivity contribution in [1.82, 2.24) is 9.62 Å². The van der Waals surface area contributed by atoms with Gasteiger partial charge >= 0.3 is 0 Å². The third-order valence-corrected chi connectivity index (χ3v) is 5.94. The summed E-state index contributed by atoms with van der Waals surface area (Å²) in [7, 11) is -3.21. The van der Waals surface area contributed by atoms with Crippen LogP contribution in [0.2, 0.25) is 0 Å². The van der Waals surface area contributed by atoms with E-state index in [9.17, 15) is 13.2 Å². The van der Waals surface area contributed by atoms with Crippen LogP contribution in [0.1, 0.15) is 30.6 Å². The second-order valence-corrected chi connectivity index (χ2v) is 8.39. The van der Waals surface area contributed by atoms with Crippen LogP contribution in [0.25, 0.3) is 0 Å². The fraction of sp³-hybridized carbons (Fsp3) is 0.643. The Morgan fingerprint density at radius 2 is 2.14 bits per heavy atom. The van der Waals surface area contributed by atoms with Crippen LogP contribution in [0.3, 0.4) is 0 Å². The number of carbonyl (C=O) groups excluding carboxylic acids is 1. The number of nitrogens with zero attached hydrogens (tertiary/aromatic N) is 1. The van der Waals surface area contributed by atoms with Gasteiger partial charge in [-0.05, 0) is 24.3 Å². The number of sulfonamides is 1. The molecule has 21 heavy (non-hydrogen) atoms. The van der Waals surface area contributed by atoms with Crippen molar-refractivity contribution >= 4 is 27.3 Å². The summed E-state index contributed by atoms with van der Waals surface area (Å²) in [6.45, 7) is 0.730. The van der Waals surface area contributed by atoms with E-state index < -0.39 is 10.0 Å². The van der Waals surface area contributed by atoms with E-state index in [-0.39, 0.29) is 11.9 Å². The first-order valence-electron chi connectivity index (χ1n) is 7.23. The lowest BCUT2D eigenvalue weighted by Gasteiger charge is -2.26. The molecule has 0 aromatic carbocycles. The van der Waals surface area contributed by atoms with Gasteiger partial charge in [0.2, 0.25) is 15.9 Å². The maximum Gasteiger partial charge on any atom is 0.225 e. The van der Waals surface area contributed by atoms with Gasteiger partial charge in [-0.1, -0.05) is 18.9 Å². The summed E-state index contributed by atoms with van der Waals surface area (Å²) < 4.78 is 25.3. The molecule has 0 aliphatic heterocycles. The molecular formula is C14H22N2O3S2. The number of carbonyl (C=O) groups is 1. The Morgan fingerprint density at radius 3 is 2.71 bits per heavy atom. The molecule has 1 saturated carbocycles. The number of hydrogen-bond donors (Lipinski definition) is 1. The number of rotatable bonds is 7. The maximum absolute atomic E-state index is 11.9. The highest BCUT2D eigenvalue weighted by atomic mass is 32.2. The highest BCUT2D eigenvalue weighted by molar-refractivity contribution is 7.88. The molecule has 1 aromatic heterocycles. The molecule has 0 unspecified atom stereocenters. The van der Waals surface area contributed by atoms with Crippen LogP contribution < -0.4 is 5.32 Å². The minimum atomic E-state index is -3.21. The molecule has 1 aromatic rings. The number of amides is 1. The largest absolute Gasteiger partial charge is 0.354 e. The van der Waals surface area contributed by atoms with E-state index in [0.29, 0.717) is 19.5 Å². The van der Waals surface area contributed by atoms with E-state index >= 15 is 0 Å². The second kappa shape index (κ2) is 7.38. The normalized spacial score (nSPS) is 16.5. The van der Waals surface area contributed by atoms with Crippen LogP contribution in [-0.2, 0) is 21.2 Å². The first kappa shape index (κ1) is 16.5. The van der Waals surface area contributed by atoms with E-state index in [0.717, 1.165) is 30.6 Å². The quantitative estimate of drug-likeness (QED) is 0.826. The first-order chi connectivity index (χ1) is 9.97. The van der Waals surface area contributed by atoms with Crippen LogP contribution >= 0.6 is 11.3 Å². The van der Waals surface area contributed by atoms with Gasteiger partial charge in [0.1, 0.15) is 0 Å². The van der Waals surface area contributed by atoms with Crippen LogP contribution in [0.5, 0.6) is 0 Å². The third kappa shape index (κ3) is 5.09. The summed E-state index contributed by atoms with van der Waals surface area (Å²) in [4.78, 5) is 12.8. The van der Waals surface area contributed by atoms with Gasteiger partial charge in [-0.25, -0.2) is 8.42 Å². The van der Waals surface area contributed by atoms with Crippen molar-refractivity contribution in [1.29, 1.82) is 0 Å². The second-order valence-electron chi connectivity index (χ2n) is 5.42. The van der Waals surface area contributed by atoms with Crippen LogP contribution in [0.4, 0.5) is 0 Å².